The lowest BCUT2D eigenvalue weighted by molar-refractivity contribution is -0.141. The number of nitrogens with zero attached hydrogens (tertiary/aromatic N) is 2. The van der Waals surface area contributed by atoms with Gasteiger partial charge in [0.05, 0.1) is 21.1 Å². The Morgan fingerprint density at radius 1 is 1.30 bits per heavy atom. The van der Waals surface area contributed by atoms with Crippen LogP contribution < -0.4 is 5.32 Å². The number of thiazole rings is 1. The van der Waals surface area contributed by atoms with Crippen molar-refractivity contribution < 1.29 is 14.4 Å². The van der Waals surface area contributed by atoms with Gasteiger partial charge in [-0.15, -0.1) is 11.3 Å². The van der Waals surface area contributed by atoms with Crippen molar-refractivity contribution in [2.45, 2.75) is 19.3 Å². The first-order valence-electron chi connectivity index (χ1n) is 7.54. The minimum absolute atomic E-state index is 0.0677. The fraction of sp³-hybridized carbons (Fsp3) is 0.375. The Labute approximate surface area is 136 Å². The number of piperidine rings is 1. The summed E-state index contributed by atoms with van der Waals surface area (Å²) >= 11 is 1.50. The van der Waals surface area contributed by atoms with Crippen LogP contribution in [0.15, 0.2) is 23.7 Å². The van der Waals surface area contributed by atoms with Crippen LogP contribution in [0.2, 0.25) is 0 Å². The SMILES string of the molecule is O=C1CCC2(CCN(C(=O)c3ccc4ncsc4c3)C2)C(=O)N1. The van der Waals surface area contributed by atoms with Crippen LogP contribution in [0.1, 0.15) is 29.6 Å². The highest BCUT2D eigenvalue weighted by Gasteiger charge is 2.48. The number of amides is 3. The first kappa shape index (κ1) is 14.3. The van der Waals surface area contributed by atoms with Crippen LogP contribution in [0, 0.1) is 5.41 Å². The zero-order valence-corrected chi connectivity index (χ0v) is 13.2. The monoisotopic (exact) mass is 329 g/mol. The van der Waals surface area contributed by atoms with Crippen molar-refractivity contribution in [3.05, 3.63) is 29.3 Å². The zero-order valence-electron chi connectivity index (χ0n) is 12.4. The second kappa shape index (κ2) is 5.13. The van der Waals surface area contributed by atoms with E-state index < -0.39 is 5.41 Å². The molecule has 0 radical (unpaired) electrons. The Morgan fingerprint density at radius 2 is 2.17 bits per heavy atom. The summed E-state index contributed by atoms with van der Waals surface area (Å²) in [6.07, 6.45) is 1.48. The summed E-state index contributed by atoms with van der Waals surface area (Å²) in [6, 6.07) is 5.47. The molecule has 4 rings (SSSR count). The second-order valence-corrected chi connectivity index (χ2v) is 7.06. The molecular formula is C16H15N3O3S. The van der Waals surface area contributed by atoms with E-state index in [2.05, 4.69) is 10.3 Å². The molecule has 2 aromatic rings. The topological polar surface area (TPSA) is 79.4 Å². The van der Waals surface area contributed by atoms with E-state index in [4.69, 9.17) is 0 Å². The molecule has 7 heteroatoms. The first-order valence-corrected chi connectivity index (χ1v) is 8.42. The number of fused-ring (bicyclic) bond motifs is 1. The molecule has 118 valence electrons. The summed E-state index contributed by atoms with van der Waals surface area (Å²) in [5, 5.41) is 2.41. The van der Waals surface area contributed by atoms with E-state index in [1.165, 1.54) is 11.3 Å². The van der Waals surface area contributed by atoms with Crippen LogP contribution in [-0.4, -0.2) is 40.7 Å². The van der Waals surface area contributed by atoms with Crippen molar-refractivity contribution >= 4 is 39.3 Å². The molecule has 1 aromatic carbocycles. The highest BCUT2D eigenvalue weighted by atomic mass is 32.1. The van der Waals surface area contributed by atoms with Gasteiger partial charge in [-0.05, 0) is 31.0 Å². The molecule has 1 atom stereocenters. The third-order valence-electron chi connectivity index (χ3n) is 4.78. The number of carbonyl (C=O) groups is 3. The molecule has 1 aromatic heterocycles. The number of carbonyl (C=O) groups excluding carboxylic acids is 3. The highest BCUT2D eigenvalue weighted by molar-refractivity contribution is 7.16. The van der Waals surface area contributed by atoms with E-state index in [-0.39, 0.29) is 17.7 Å². The summed E-state index contributed by atoms with van der Waals surface area (Å²) in [7, 11) is 0. The maximum atomic E-state index is 12.7. The van der Waals surface area contributed by atoms with Gasteiger partial charge in [-0.25, -0.2) is 4.98 Å². The number of benzene rings is 1. The number of hydrogen-bond acceptors (Lipinski definition) is 5. The van der Waals surface area contributed by atoms with Gasteiger partial charge in [-0.2, -0.15) is 0 Å². The van der Waals surface area contributed by atoms with E-state index in [0.29, 0.717) is 37.9 Å². The van der Waals surface area contributed by atoms with E-state index >= 15 is 0 Å². The lowest BCUT2D eigenvalue weighted by atomic mass is 9.79. The molecule has 1 unspecified atom stereocenters. The first-order chi connectivity index (χ1) is 11.1. The van der Waals surface area contributed by atoms with Crippen LogP contribution in [-0.2, 0) is 9.59 Å². The normalized spacial score (nSPS) is 24.4. The molecule has 1 N–H and O–H groups in total. The molecule has 0 aliphatic carbocycles. The lowest BCUT2D eigenvalue weighted by Crippen LogP contribution is -2.50. The van der Waals surface area contributed by atoms with E-state index in [0.717, 1.165) is 10.2 Å². The van der Waals surface area contributed by atoms with Crippen LogP contribution in [0.25, 0.3) is 10.2 Å². The molecule has 3 heterocycles. The summed E-state index contributed by atoms with van der Waals surface area (Å²) in [5.41, 5.74) is 2.66. The maximum Gasteiger partial charge on any atom is 0.253 e. The van der Waals surface area contributed by atoms with Gasteiger partial charge in [-0.3, -0.25) is 19.7 Å². The molecule has 6 nitrogen and oxygen atoms in total. The number of hydrogen-bond donors (Lipinski definition) is 1. The van der Waals surface area contributed by atoms with Gasteiger partial charge in [0, 0.05) is 25.1 Å². The van der Waals surface area contributed by atoms with Gasteiger partial charge in [-0.1, -0.05) is 0 Å². The molecule has 2 saturated heterocycles. The summed E-state index contributed by atoms with van der Waals surface area (Å²) in [6.45, 7) is 0.923. The molecule has 1 spiro atoms. The smallest absolute Gasteiger partial charge is 0.253 e. The highest BCUT2D eigenvalue weighted by Crippen LogP contribution is 2.38. The van der Waals surface area contributed by atoms with Crippen LogP contribution in [0.5, 0.6) is 0 Å². The fourth-order valence-electron chi connectivity index (χ4n) is 3.39. The third-order valence-corrected chi connectivity index (χ3v) is 5.58. The predicted octanol–water partition coefficient (Wildman–Crippen LogP) is 1.57. The third kappa shape index (κ3) is 2.31. The maximum absolute atomic E-state index is 12.7. The fourth-order valence-corrected chi connectivity index (χ4v) is 4.11. The van der Waals surface area contributed by atoms with Gasteiger partial charge in [0.25, 0.3) is 5.91 Å². The molecule has 2 aliphatic rings. The van der Waals surface area contributed by atoms with Crippen molar-refractivity contribution in [2.24, 2.45) is 5.41 Å². The molecule has 23 heavy (non-hydrogen) atoms. The zero-order chi connectivity index (χ0) is 16.0. The average Bonchev–Trinajstić information content (AvgIpc) is 3.18. The summed E-state index contributed by atoms with van der Waals surface area (Å²) in [4.78, 5) is 42.2. The number of rotatable bonds is 1. The van der Waals surface area contributed by atoms with Gasteiger partial charge < -0.3 is 4.90 Å². The number of aromatic nitrogens is 1. The van der Waals surface area contributed by atoms with E-state index in [9.17, 15) is 14.4 Å². The Balaban J connectivity index is 1.56. The minimum atomic E-state index is -0.599. The van der Waals surface area contributed by atoms with Crippen molar-refractivity contribution in [1.82, 2.24) is 15.2 Å². The Hall–Kier alpha value is -2.28. The Bertz CT molecular complexity index is 831. The van der Waals surface area contributed by atoms with Crippen molar-refractivity contribution in [1.29, 1.82) is 0 Å². The minimum Gasteiger partial charge on any atom is -0.338 e. The quantitative estimate of drug-likeness (QED) is 0.805. The Kier molecular flexibility index (Phi) is 3.19. The molecule has 2 fully saturated rings. The van der Waals surface area contributed by atoms with Crippen molar-refractivity contribution in [3.63, 3.8) is 0 Å². The summed E-state index contributed by atoms with van der Waals surface area (Å²) < 4.78 is 0.978. The largest absolute Gasteiger partial charge is 0.338 e. The molecule has 0 saturated carbocycles. The van der Waals surface area contributed by atoms with Crippen LogP contribution in [0.3, 0.4) is 0 Å². The van der Waals surface area contributed by atoms with Gasteiger partial charge in [0.2, 0.25) is 11.8 Å². The van der Waals surface area contributed by atoms with Crippen molar-refractivity contribution in [2.75, 3.05) is 13.1 Å². The van der Waals surface area contributed by atoms with E-state index in [1.54, 1.807) is 16.5 Å². The number of imide groups is 1. The standard InChI is InChI=1S/C16H15N3O3S/c20-13-3-4-16(15(22)18-13)5-6-19(8-16)14(21)10-1-2-11-12(7-10)23-9-17-11/h1-2,7,9H,3-6,8H2,(H,18,20,22). The lowest BCUT2D eigenvalue weighted by Gasteiger charge is -2.31. The molecular weight excluding hydrogens is 314 g/mol. The second-order valence-electron chi connectivity index (χ2n) is 6.17. The van der Waals surface area contributed by atoms with Crippen LogP contribution >= 0.6 is 11.3 Å². The molecule has 2 aliphatic heterocycles. The average molecular weight is 329 g/mol. The van der Waals surface area contributed by atoms with Crippen molar-refractivity contribution in [3.8, 4) is 0 Å². The molecule has 0 bridgehead atoms. The van der Waals surface area contributed by atoms with E-state index in [1.807, 2.05) is 12.1 Å². The van der Waals surface area contributed by atoms with Gasteiger partial charge >= 0.3 is 0 Å². The van der Waals surface area contributed by atoms with Gasteiger partial charge in [0.1, 0.15) is 0 Å². The predicted molar refractivity (Wildman–Crippen MR) is 85.0 cm³/mol. The Morgan fingerprint density at radius 3 is 3.00 bits per heavy atom. The number of likely N-dealkylation sites (tertiary alicyclic amines) is 1. The number of nitrogens with one attached hydrogen (secondary N) is 1. The molecule has 3 amide bonds. The summed E-state index contributed by atoms with van der Waals surface area (Å²) in [5.74, 6) is -0.523. The van der Waals surface area contributed by atoms with Crippen LogP contribution in [0.4, 0.5) is 0 Å². The van der Waals surface area contributed by atoms with Gasteiger partial charge in [0.15, 0.2) is 0 Å².